The first kappa shape index (κ1) is 14.2. The summed E-state index contributed by atoms with van der Waals surface area (Å²) in [5.74, 6) is -1.38. The van der Waals surface area contributed by atoms with Gasteiger partial charge in [0.2, 0.25) is 0 Å². The average molecular weight is 291 g/mol. The number of benzene rings is 1. The van der Waals surface area contributed by atoms with E-state index < -0.39 is 11.9 Å². The van der Waals surface area contributed by atoms with E-state index in [-0.39, 0.29) is 23.7 Å². The lowest BCUT2D eigenvalue weighted by Gasteiger charge is -2.37. The Morgan fingerprint density at radius 1 is 1.33 bits per heavy atom. The molecular weight excluding hydrogens is 273 g/mol. The van der Waals surface area contributed by atoms with E-state index in [1.165, 1.54) is 19.2 Å². The van der Waals surface area contributed by atoms with Gasteiger partial charge in [0.15, 0.2) is 0 Å². The lowest BCUT2D eigenvalue weighted by atomic mass is 9.88. The van der Waals surface area contributed by atoms with Crippen LogP contribution in [-0.4, -0.2) is 35.8 Å². The van der Waals surface area contributed by atoms with Crippen molar-refractivity contribution in [3.63, 3.8) is 0 Å². The second kappa shape index (κ2) is 5.56. The topological polar surface area (TPSA) is 46.6 Å². The number of piperidine rings is 1. The van der Waals surface area contributed by atoms with Crippen LogP contribution in [0.5, 0.6) is 0 Å². The molecule has 0 aromatic heterocycles. The van der Waals surface area contributed by atoms with E-state index in [2.05, 4.69) is 4.90 Å². The van der Waals surface area contributed by atoms with Crippen molar-refractivity contribution in [2.75, 3.05) is 7.11 Å². The zero-order valence-corrected chi connectivity index (χ0v) is 11.9. The molecule has 112 valence electrons. The number of rotatable bonds is 3. The SMILES string of the molecule is COC(=O)[C@@H]1C(=O)C[C@H]2CC[C@@H]1N2Cc1ccc(F)cc1. The highest BCUT2D eigenvalue weighted by molar-refractivity contribution is 6.00. The van der Waals surface area contributed by atoms with E-state index in [1.54, 1.807) is 12.1 Å². The molecule has 0 unspecified atom stereocenters. The van der Waals surface area contributed by atoms with Crippen LogP contribution in [0.3, 0.4) is 0 Å². The van der Waals surface area contributed by atoms with Crippen LogP contribution in [0.1, 0.15) is 24.8 Å². The molecule has 2 fully saturated rings. The zero-order valence-electron chi connectivity index (χ0n) is 11.9. The Balaban J connectivity index is 1.81. The van der Waals surface area contributed by atoms with Crippen LogP contribution < -0.4 is 0 Å². The monoisotopic (exact) mass is 291 g/mol. The van der Waals surface area contributed by atoms with Crippen molar-refractivity contribution in [2.45, 2.75) is 37.9 Å². The summed E-state index contributed by atoms with van der Waals surface area (Å²) in [6.07, 6.45) is 2.15. The normalized spacial score (nSPS) is 28.7. The summed E-state index contributed by atoms with van der Waals surface area (Å²) in [6, 6.07) is 6.47. The largest absolute Gasteiger partial charge is 0.468 e. The number of carbonyl (C=O) groups excluding carboxylic acids is 2. The number of hydrogen-bond acceptors (Lipinski definition) is 4. The van der Waals surface area contributed by atoms with Gasteiger partial charge in [-0.3, -0.25) is 14.5 Å². The Kier molecular flexibility index (Phi) is 3.76. The predicted molar refractivity (Wildman–Crippen MR) is 73.9 cm³/mol. The molecule has 2 aliphatic heterocycles. The van der Waals surface area contributed by atoms with Gasteiger partial charge in [-0.25, -0.2) is 4.39 Å². The Morgan fingerprint density at radius 3 is 2.71 bits per heavy atom. The molecule has 3 atom stereocenters. The summed E-state index contributed by atoms with van der Waals surface area (Å²) in [5, 5.41) is 0. The van der Waals surface area contributed by atoms with Gasteiger partial charge in [-0.2, -0.15) is 0 Å². The Labute approximate surface area is 122 Å². The molecular formula is C16H18FNO3. The lowest BCUT2D eigenvalue weighted by Crippen LogP contribution is -2.51. The van der Waals surface area contributed by atoms with E-state index in [0.717, 1.165) is 18.4 Å². The summed E-state index contributed by atoms with van der Waals surface area (Å²) in [4.78, 5) is 26.2. The zero-order chi connectivity index (χ0) is 15.0. The summed E-state index contributed by atoms with van der Waals surface area (Å²) < 4.78 is 17.8. The average Bonchev–Trinajstić information content (AvgIpc) is 2.75. The minimum Gasteiger partial charge on any atom is -0.468 e. The highest BCUT2D eigenvalue weighted by Crippen LogP contribution is 2.38. The number of Topliss-reactive ketones (excluding diaryl/α,β-unsaturated/α-hetero) is 1. The first-order valence-corrected chi connectivity index (χ1v) is 7.21. The number of ketones is 1. The van der Waals surface area contributed by atoms with Crippen molar-refractivity contribution < 1.29 is 18.7 Å². The molecule has 1 aromatic carbocycles. The van der Waals surface area contributed by atoms with E-state index in [4.69, 9.17) is 4.74 Å². The van der Waals surface area contributed by atoms with Gasteiger partial charge in [0.25, 0.3) is 0 Å². The number of halogens is 1. The fourth-order valence-electron chi connectivity index (χ4n) is 3.58. The van der Waals surface area contributed by atoms with Gasteiger partial charge in [-0.05, 0) is 30.5 Å². The Bertz CT molecular complexity index is 557. The molecule has 2 saturated heterocycles. The Hall–Kier alpha value is -1.75. The van der Waals surface area contributed by atoms with Crippen molar-refractivity contribution in [1.82, 2.24) is 4.90 Å². The quantitative estimate of drug-likeness (QED) is 0.630. The second-order valence-electron chi connectivity index (χ2n) is 5.77. The molecule has 21 heavy (non-hydrogen) atoms. The molecule has 0 radical (unpaired) electrons. The maximum absolute atomic E-state index is 13.0. The smallest absolute Gasteiger partial charge is 0.317 e. The molecule has 1 aromatic rings. The number of fused-ring (bicyclic) bond motifs is 2. The molecule has 5 heteroatoms. The minimum atomic E-state index is -0.672. The van der Waals surface area contributed by atoms with Crippen molar-refractivity contribution in [1.29, 1.82) is 0 Å². The number of nitrogens with zero attached hydrogens (tertiary/aromatic N) is 1. The number of hydrogen-bond donors (Lipinski definition) is 0. The summed E-state index contributed by atoms with van der Waals surface area (Å²) in [6.45, 7) is 0.635. The van der Waals surface area contributed by atoms with Crippen molar-refractivity contribution in [3.8, 4) is 0 Å². The summed E-state index contributed by atoms with van der Waals surface area (Å²) >= 11 is 0. The third-order valence-electron chi connectivity index (χ3n) is 4.59. The van der Waals surface area contributed by atoms with E-state index in [1.807, 2.05) is 0 Å². The molecule has 0 amide bonds. The molecule has 0 N–H and O–H groups in total. The number of carbonyl (C=O) groups is 2. The highest BCUT2D eigenvalue weighted by Gasteiger charge is 2.50. The van der Waals surface area contributed by atoms with Crippen molar-refractivity contribution in [2.24, 2.45) is 5.92 Å². The van der Waals surface area contributed by atoms with Gasteiger partial charge in [-0.15, -0.1) is 0 Å². The molecule has 0 saturated carbocycles. The molecule has 2 aliphatic rings. The third kappa shape index (κ3) is 2.58. The van der Waals surface area contributed by atoms with Crippen LogP contribution in [0.25, 0.3) is 0 Å². The fraction of sp³-hybridized carbons (Fsp3) is 0.500. The van der Waals surface area contributed by atoms with Crippen molar-refractivity contribution in [3.05, 3.63) is 35.6 Å². The van der Waals surface area contributed by atoms with Crippen molar-refractivity contribution >= 4 is 11.8 Å². The number of ether oxygens (including phenoxy) is 1. The second-order valence-corrected chi connectivity index (χ2v) is 5.77. The van der Waals surface area contributed by atoms with Crippen LogP contribution in [0.4, 0.5) is 4.39 Å². The van der Waals surface area contributed by atoms with Crippen LogP contribution in [0, 0.1) is 11.7 Å². The van der Waals surface area contributed by atoms with E-state index >= 15 is 0 Å². The van der Waals surface area contributed by atoms with Gasteiger partial charge < -0.3 is 4.74 Å². The summed E-state index contributed by atoms with van der Waals surface area (Å²) in [5.41, 5.74) is 0.992. The van der Waals surface area contributed by atoms with Gasteiger partial charge in [-0.1, -0.05) is 12.1 Å². The standard InChI is InChI=1S/C16H18FNO3/c1-21-16(20)15-13-7-6-12(8-14(15)19)18(13)9-10-2-4-11(17)5-3-10/h2-5,12-13,15H,6-9H2,1H3/t12-,13+,15+/m1/s1. The van der Waals surface area contributed by atoms with Crippen LogP contribution >= 0.6 is 0 Å². The molecule has 2 heterocycles. The third-order valence-corrected chi connectivity index (χ3v) is 4.59. The maximum atomic E-state index is 13.0. The van der Waals surface area contributed by atoms with Gasteiger partial charge in [0.1, 0.15) is 17.5 Å². The fourth-order valence-corrected chi connectivity index (χ4v) is 3.58. The predicted octanol–water partition coefficient (Wildman–Crippen LogP) is 1.92. The molecule has 2 bridgehead atoms. The molecule has 0 aliphatic carbocycles. The summed E-state index contributed by atoms with van der Waals surface area (Å²) in [7, 11) is 1.32. The van der Waals surface area contributed by atoms with Crippen LogP contribution in [0.15, 0.2) is 24.3 Å². The maximum Gasteiger partial charge on any atom is 0.317 e. The number of methoxy groups -OCH3 is 1. The number of esters is 1. The Morgan fingerprint density at radius 2 is 2.05 bits per heavy atom. The van der Waals surface area contributed by atoms with Gasteiger partial charge in [0, 0.05) is 25.0 Å². The van der Waals surface area contributed by atoms with Crippen LogP contribution in [0.2, 0.25) is 0 Å². The molecule has 4 nitrogen and oxygen atoms in total. The molecule has 3 rings (SSSR count). The van der Waals surface area contributed by atoms with E-state index in [0.29, 0.717) is 13.0 Å². The van der Waals surface area contributed by atoms with Gasteiger partial charge in [0.05, 0.1) is 7.11 Å². The van der Waals surface area contributed by atoms with Crippen LogP contribution in [-0.2, 0) is 20.9 Å². The first-order chi connectivity index (χ1) is 10.1. The van der Waals surface area contributed by atoms with Gasteiger partial charge >= 0.3 is 5.97 Å². The lowest BCUT2D eigenvalue weighted by molar-refractivity contribution is -0.154. The van der Waals surface area contributed by atoms with E-state index in [9.17, 15) is 14.0 Å². The highest BCUT2D eigenvalue weighted by atomic mass is 19.1. The first-order valence-electron chi connectivity index (χ1n) is 7.21. The minimum absolute atomic E-state index is 0.00953. The molecule has 0 spiro atoms.